The number of carbonyl (C=O) groups is 2. The van der Waals surface area contributed by atoms with Crippen LogP contribution in [0.15, 0.2) is 54.7 Å². The van der Waals surface area contributed by atoms with Gasteiger partial charge in [0.2, 0.25) is 0 Å². The zero-order valence-corrected chi connectivity index (χ0v) is 20.7. The second kappa shape index (κ2) is 10.2. The van der Waals surface area contributed by atoms with E-state index in [4.69, 9.17) is 0 Å². The summed E-state index contributed by atoms with van der Waals surface area (Å²) in [7, 11) is 0. The lowest BCUT2D eigenvalue weighted by Crippen LogP contribution is -2.50. The van der Waals surface area contributed by atoms with E-state index in [9.17, 15) is 9.59 Å². The predicted octanol–water partition coefficient (Wildman–Crippen LogP) is 3.29. The molecule has 0 spiro atoms. The van der Waals surface area contributed by atoms with Gasteiger partial charge in [-0.3, -0.25) is 19.4 Å². The highest BCUT2D eigenvalue weighted by atomic mass is 16.2. The Morgan fingerprint density at radius 2 is 1.43 bits per heavy atom. The van der Waals surface area contributed by atoms with Gasteiger partial charge in [0.05, 0.1) is 0 Å². The molecule has 0 saturated carbocycles. The van der Waals surface area contributed by atoms with Crippen LogP contribution >= 0.6 is 0 Å². The first-order valence-electron chi connectivity index (χ1n) is 12.7. The molecular weight excluding hydrogens is 438 g/mol. The normalized spacial score (nSPS) is 17.9. The number of nitrogens with zero attached hydrogens (tertiary/aromatic N) is 4. The highest BCUT2D eigenvalue weighted by molar-refractivity contribution is 5.98. The second-order valence-corrected chi connectivity index (χ2v) is 9.93. The van der Waals surface area contributed by atoms with Crippen LogP contribution in [0, 0.1) is 0 Å². The molecule has 2 fully saturated rings. The van der Waals surface area contributed by atoms with Gasteiger partial charge >= 0.3 is 0 Å². The average molecular weight is 474 g/mol. The zero-order valence-electron chi connectivity index (χ0n) is 20.7. The number of aromatic amines is 1. The maximum absolute atomic E-state index is 13.1. The van der Waals surface area contributed by atoms with Crippen molar-refractivity contribution in [3.05, 3.63) is 71.4 Å². The zero-order chi connectivity index (χ0) is 24.4. The van der Waals surface area contributed by atoms with Crippen LogP contribution in [0.1, 0.15) is 40.1 Å². The largest absolute Gasteiger partial charge is 0.361 e. The van der Waals surface area contributed by atoms with Gasteiger partial charge in [-0.25, -0.2) is 0 Å². The molecule has 0 bridgehead atoms. The summed E-state index contributed by atoms with van der Waals surface area (Å²) < 4.78 is 0. The Morgan fingerprint density at radius 3 is 2.09 bits per heavy atom. The van der Waals surface area contributed by atoms with Crippen LogP contribution in [0.25, 0.3) is 10.9 Å². The minimum atomic E-state index is 0.111. The number of fused-ring (bicyclic) bond motifs is 1. The number of nitrogens with one attached hydrogen (secondary N) is 1. The van der Waals surface area contributed by atoms with Crippen molar-refractivity contribution in [2.45, 2.75) is 26.4 Å². The summed E-state index contributed by atoms with van der Waals surface area (Å²) in [4.78, 5) is 37.9. The fourth-order valence-corrected chi connectivity index (χ4v) is 5.19. The van der Waals surface area contributed by atoms with E-state index in [1.54, 1.807) is 0 Å². The summed E-state index contributed by atoms with van der Waals surface area (Å²) in [5.74, 6) is 0.228. The molecule has 2 saturated heterocycles. The maximum Gasteiger partial charge on any atom is 0.254 e. The number of hydrogen-bond acceptors (Lipinski definition) is 4. The Balaban J connectivity index is 1.19. The number of benzene rings is 2. The molecule has 2 amide bonds. The van der Waals surface area contributed by atoms with E-state index in [-0.39, 0.29) is 11.8 Å². The van der Waals surface area contributed by atoms with Gasteiger partial charge in [-0.05, 0) is 43.7 Å². The number of aromatic nitrogens is 1. The molecule has 0 unspecified atom stereocenters. The van der Waals surface area contributed by atoms with E-state index in [0.717, 1.165) is 80.9 Å². The van der Waals surface area contributed by atoms with Crippen LogP contribution in [0.4, 0.5) is 0 Å². The van der Waals surface area contributed by atoms with Crippen molar-refractivity contribution in [3.63, 3.8) is 0 Å². The third-order valence-electron chi connectivity index (χ3n) is 7.42. The lowest BCUT2D eigenvalue weighted by Gasteiger charge is -2.37. The molecule has 0 atom stereocenters. The fourth-order valence-electron chi connectivity index (χ4n) is 5.19. The monoisotopic (exact) mass is 473 g/mol. The molecule has 7 nitrogen and oxygen atoms in total. The number of amides is 2. The van der Waals surface area contributed by atoms with Crippen LogP contribution in [-0.4, -0.2) is 94.8 Å². The molecule has 0 aliphatic carbocycles. The Hall–Kier alpha value is -3.16. The van der Waals surface area contributed by atoms with Crippen molar-refractivity contribution in [1.82, 2.24) is 24.6 Å². The molecule has 0 radical (unpaired) electrons. The van der Waals surface area contributed by atoms with Crippen molar-refractivity contribution in [2.24, 2.45) is 0 Å². The van der Waals surface area contributed by atoms with Crippen LogP contribution in [-0.2, 0) is 6.54 Å². The van der Waals surface area contributed by atoms with E-state index in [1.807, 2.05) is 52.3 Å². The van der Waals surface area contributed by atoms with Gasteiger partial charge in [-0.1, -0.05) is 24.3 Å². The Kier molecular flexibility index (Phi) is 6.88. The topological polar surface area (TPSA) is 62.9 Å². The van der Waals surface area contributed by atoms with Gasteiger partial charge in [0.15, 0.2) is 0 Å². The number of hydrogen-bond donors (Lipinski definition) is 1. The van der Waals surface area contributed by atoms with Gasteiger partial charge in [0.25, 0.3) is 11.8 Å². The highest BCUT2D eigenvalue weighted by Crippen LogP contribution is 2.23. The molecule has 35 heavy (non-hydrogen) atoms. The molecule has 1 aromatic heterocycles. The number of rotatable bonds is 5. The summed E-state index contributed by atoms with van der Waals surface area (Å²) >= 11 is 0. The van der Waals surface area contributed by atoms with Crippen molar-refractivity contribution in [1.29, 1.82) is 0 Å². The summed E-state index contributed by atoms with van der Waals surface area (Å²) in [5, 5.41) is 1.16. The first kappa shape index (κ1) is 23.6. The molecule has 2 aliphatic rings. The third kappa shape index (κ3) is 5.11. The van der Waals surface area contributed by atoms with Crippen molar-refractivity contribution in [2.75, 3.05) is 52.4 Å². The first-order valence-corrected chi connectivity index (χ1v) is 12.7. The summed E-state index contributed by atoms with van der Waals surface area (Å²) in [6, 6.07) is 16.1. The van der Waals surface area contributed by atoms with Crippen LogP contribution < -0.4 is 0 Å². The number of carbonyl (C=O) groups excluding carboxylic acids is 2. The van der Waals surface area contributed by atoms with Crippen molar-refractivity contribution < 1.29 is 9.59 Å². The SMILES string of the molecule is CC(C)N1CCN(C(=O)c2ccc3c(CN4CCN(C(=O)c5ccccc5)CC4)c[nH]c3c2)CC1. The van der Waals surface area contributed by atoms with Crippen LogP contribution in [0.5, 0.6) is 0 Å². The smallest absolute Gasteiger partial charge is 0.254 e. The van der Waals surface area contributed by atoms with Crippen molar-refractivity contribution >= 4 is 22.7 Å². The highest BCUT2D eigenvalue weighted by Gasteiger charge is 2.25. The van der Waals surface area contributed by atoms with E-state index < -0.39 is 0 Å². The van der Waals surface area contributed by atoms with Crippen molar-refractivity contribution in [3.8, 4) is 0 Å². The summed E-state index contributed by atoms with van der Waals surface area (Å²) in [6.07, 6.45) is 2.06. The molecular formula is C28H35N5O2. The molecule has 2 aromatic carbocycles. The summed E-state index contributed by atoms with van der Waals surface area (Å²) in [6.45, 7) is 11.8. The standard InChI is InChI=1S/C28H35N5O2/c1-21(2)31-14-16-33(17-15-31)28(35)23-8-9-25-24(19-29-26(25)18-23)20-30-10-12-32(13-11-30)27(34)22-6-4-3-5-7-22/h3-9,18-19,21,29H,10-17,20H2,1-2H3. The van der Waals surface area contributed by atoms with Gasteiger partial charge in [0, 0.05) is 93.2 Å². The summed E-state index contributed by atoms with van der Waals surface area (Å²) in [5.41, 5.74) is 3.73. The van der Waals surface area contributed by atoms with Crippen LogP contribution in [0.3, 0.4) is 0 Å². The van der Waals surface area contributed by atoms with Gasteiger partial charge in [0.1, 0.15) is 0 Å². The number of piperazine rings is 2. The molecule has 1 N–H and O–H groups in total. The van der Waals surface area contributed by atoms with E-state index in [0.29, 0.717) is 6.04 Å². The molecule has 3 heterocycles. The van der Waals surface area contributed by atoms with Crippen LogP contribution in [0.2, 0.25) is 0 Å². The van der Waals surface area contributed by atoms with Gasteiger partial charge < -0.3 is 14.8 Å². The fraction of sp³-hybridized carbons (Fsp3) is 0.429. The quantitative estimate of drug-likeness (QED) is 0.618. The average Bonchev–Trinajstić information content (AvgIpc) is 3.30. The Labute approximate surface area is 207 Å². The first-order chi connectivity index (χ1) is 17.0. The Morgan fingerprint density at radius 1 is 0.800 bits per heavy atom. The maximum atomic E-state index is 13.1. The van der Waals surface area contributed by atoms with Gasteiger partial charge in [-0.2, -0.15) is 0 Å². The number of H-pyrrole nitrogens is 1. The molecule has 3 aromatic rings. The minimum Gasteiger partial charge on any atom is -0.361 e. The Bertz CT molecular complexity index is 1170. The molecule has 2 aliphatic heterocycles. The molecule has 5 rings (SSSR count). The second-order valence-electron chi connectivity index (χ2n) is 9.93. The molecule has 184 valence electrons. The van der Waals surface area contributed by atoms with Gasteiger partial charge in [-0.15, -0.1) is 0 Å². The lowest BCUT2D eigenvalue weighted by molar-refractivity contribution is 0.0594. The van der Waals surface area contributed by atoms with E-state index in [1.165, 1.54) is 5.56 Å². The van der Waals surface area contributed by atoms with E-state index in [2.05, 4.69) is 40.9 Å². The minimum absolute atomic E-state index is 0.111. The third-order valence-corrected chi connectivity index (χ3v) is 7.42. The lowest BCUT2D eigenvalue weighted by atomic mass is 10.1. The predicted molar refractivity (Wildman–Crippen MR) is 139 cm³/mol. The van der Waals surface area contributed by atoms with E-state index >= 15 is 0 Å². The molecule has 7 heteroatoms.